The Labute approximate surface area is 89.0 Å². The minimum atomic E-state index is 0. The van der Waals surface area contributed by atoms with Crippen LogP contribution in [-0.4, -0.2) is 48.7 Å². The molecule has 0 bridgehead atoms. The van der Waals surface area contributed by atoms with Crippen molar-refractivity contribution in [3.05, 3.63) is 0 Å². The summed E-state index contributed by atoms with van der Waals surface area (Å²) in [6.45, 7) is 0. The molecule has 2 nitrogen and oxygen atoms in total. The minimum absolute atomic E-state index is 0. The zero-order chi connectivity index (χ0) is 0. The van der Waals surface area contributed by atoms with Crippen LogP contribution in [0.25, 0.3) is 0 Å². The molecule has 0 fully saturated rings. The third kappa shape index (κ3) is 21.2. The molecule has 0 rings (SSSR count). The molecule has 0 aromatic carbocycles. The summed E-state index contributed by atoms with van der Waals surface area (Å²) in [7, 11) is 0. The maximum absolute atomic E-state index is 0. The first-order chi connectivity index (χ1) is 0. The Bertz CT molecular complexity index is 9.61. The molecule has 0 aliphatic heterocycles. The Hall–Kier alpha value is 2.47. The number of rotatable bonds is 0. The zero-order valence-electron chi connectivity index (χ0n) is 2.98. The van der Waals surface area contributed by atoms with Gasteiger partial charge in [-0.1, -0.05) is 0 Å². The number of halogens is 1. The molecule has 0 saturated heterocycles. The average Bonchev–Trinajstić information content (AvgIpc) is 0. The van der Waals surface area contributed by atoms with E-state index in [4.69, 9.17) is 0 Å². The molecular weight excluding hydrogens is 131 g/mol. The zero-order valence-corrected chi connectivity index (χ0v) is 7.94. The molecule has 0 heterocycles. The van der Waals surface area contributed by atoms with Crippen LogP contribution < -0.4 is 42.0 Å². The normalized spacial score (nSPS) is 0. The summed E-state index contributed by atoms with van der Waals surface area (Å²) < 4.78 is 0. The van der Waals surface area contributed by atoms with Crippen LogP contribution in [0.2, 0.25) is 0 Å². The van der Waals surface area contributed by atoms with Gasteiger partial charge in [-0.25, -0.2) is 0 Å². The van der Waals surface area contributed by atoms with Crippen molar-refractivity contribution in [2.75, 3.05) is 0 Å². The van der Waals surface area contributed by atoms with Gasteiger partial charge in [-0.2, -0.15) is 0 Å². The average molecular weight is 133 g/mol. The van der Waals surface area contributed by atoms with E-state index in [1.165, 1.54) is 0 Å². The van der Waals surface area contributed by atoms with Crippen molar-refractivity contribution in [2.45, 2.75) is 0 Å². The molecule has 0 aliphatic carbocycles. The first-order valence-electron chi connectivity index (χ1n) is 0. The van der Waals surface area contributed by atoms with E-state index in [1.807, 2.05) is 0 Å². The van der Waals surface area contributed by atoms with Crippen molar-refractivity contribution < 1.29 is 52.9 Å². The van der Waals surface area contributed by atoms with Crippen LogP contribution in [0.5, 0.6) is 0 Å². The summed E-state index contributed by atoms with van der Waals surface area (Å²) in [4.78, 5) is 0. The fourth-order valence-electron chi connectivity index (χ4n) is 0. The molecule has 0 aliphatic rings. The van der Waals surface area contributed by atoms with Crippen LogP contribution in [0.4, 0.5) is 0 Å². The second kappa shape index (κ2) is 31.7. The van der Waals surface area contributed by atoms with E-state index >= 15 is 0 Å². The Morgan fingerprint density at radius 2 is 0.800 bits per heavy atom. The molecule has 0 unspecified atom stereocenters. The van der Waals surface area contributed by atoms with Crippen LogP contribution in [0.15, 0.2) is 0 Å². The largest absolute Gasteiger partial charge is 2.00 e. The maximum atomic E-state index is 0. The van der Waals surface area contributed by atoms with E-state index in [-0.39, 0.29) is 90.7 Å². The summed E-state index contributed by atoms with van der Waals surface area (Å²) >= 11 is 0. The van der Waals surface area contributed by atoms with Gasteiger partial charge in [0.25, 0.3) is 0 Å². The third-order valence-corrected chi connectivity index (χ3v) is 0. The number of hydrogen-bond acceptors (Lipinski definition) is 2. The first kappa shape index (κ1) is 51.3. The second-order valence-electron chi connectivity index (χ2n) is 0. The quantitative estimate of drug-likeness (QED) is 0.308. The fourth-order valence-corrected chi connectivity index (χ4v) is 0. The molecule has 5 heavy (non-hydrogen) atoms. The van der Waals surface area contributed by atoms with Gasteiger partial charge < -0.3 is 23.4 Å². The second-order valence-corrected chi connectivity index (χ2v) is 0. The van der Waals surface area contributed by atoms with Gasteiger partial charge in [0.2, 0.25) is 0 Å². The van der Waals surface area contributed by atoms with Gasteiger partial charge in [-0.3, -0.25) is 0 Å². The smallest absolute Gasteiger partial charge is 1.00 e. The minimum Gasteiger partial charge on any atom is -1.00 e. The Balaban J connectivity index is 0. The van der Waals surface area contributed by atoms with Crippen molar-refractivity contribution in [1.82, 2.24) is 0 Å². The van der Waals surface area contributed by atoms with Crippen molar-refractivity contribution in [3.8, 4) is 0 Å². The van der Waals surface area contributed by atoms with Gasteiger partial charge in [-0.15, -0.1) is 0 Å². The Morgan fingerprint density at radius 3 is 0.800 bits per heavy atom. The van der Waals surface area contributed by atoms with Crippen LogP contribution in [0.1, 0.15) is 0 Å². The van der Waals surface area contributed by atoms with E-state index in [0.717, 1.165) is 0 Å². The van der Waals surface area contributed by atoms with Gasteiger partial charge in [0.15, 0.2) is 0 Å². The molecule has 0 saturated carbocycles. The van der Waals surface area contributed by atoms with Crippen molar-refractivity contribution in [1.29, 1.82) is 0 Å². The first-order valence-corrected chi connectivity index (χ1v) is 0. The van der Waals surface area contributed by atoms with E-state index in [2.05, 4.69) is 0 Å². The van der Waals surface area contributed by atoms with Crippen molar-refractivity contribution in [3.63, 3.8) is 0 Å². The summed E-state index contributed by atoms with van der Waals surface area (Å²) in [5, 5.41) is 0. The van der Waals surface area contributed by atoms with Crippen LogP contribution in [-0.2, 0) is 0 Å². The van der Waals surface area contributed by atoms with E-state index in [1.54, 1.807) is 0 Å². The van der Waals surface area contributed by atoms with E-state index < -0.39 is 0 Å². The molecule has 0 aromatic rings. The topological polar surface area (TPSA) is 60.0 Å². The van der Waals surface area contributed by atoms with Gasteiger partial charge in [0.05, 0.1) is 0 Å². The van der Waals surface area contributed by atoms with Gasteiger partial charge in [0, 0.05) is 0 Å². The SMILES string of the molecule is [Ca+2].[Cl-].[Na+].[OH-].[OH-]. The van der Waals surface area contributed by atoms with Crippen LogP contribution in [0.3, 0.4) is 0 Å². The Morgan fingerprint density at radius 1 is 0.800 bits per heavy atom. The summed E-state index contributed by atoms with van der Waals surface area (Å²) in [6, 6.07) is 0. The molecule has 0 spiro atoms. The molecule has 5 heteroatoms. The van der Waals surface area contributed by atoms with Crippen LogP contribution in [0, 0.1) is 0 Å². The van der Waals surface area contributed by atoms with Gasteiger partial charge >= 0.3 is 67.3 Å². The van der Waals surface area contributed by atoms with E-state index in [0.29, 0.717) is 0 Å². The molecule has 0 radical (unpaired) electrons. The molecule has 0 amide bonds. The molecule has 2 N–H and O–H groups in total. The van der Waals surface area contributed by atoms with Crippen molar-refractivity contribution in [2.24, 2.45) is 0 Å². The van der Waals surface area contributed by atoms with E-state index in [9.17, 15) is 0 Å². The molecule has 24 valence electrons. The predicted octanol–water partition coefficient (Wildman–Crippen LogP) is -6.73. The van der Waals surface area contributed by atoms with Gasteiger partial charge in [0.1, 0.15) is 0 Å². The maximum Gasteiger partial charge on any atom is 2.00 e. The summed E-state index contributed by atoms with van der Waals surface area (Å²) in [6.07, 6.45) is 0. The predicted molar refractivity (Wildman–Crippen MR) is 9.63 cm³/mol. The van der Waals surface area contributed by atoms with Crippen molar-refractivity contribution >= 4 is 37.7 Å². The molecular formula is H2CaClNaO2. The van der Waals surface area contributed by atoms with Crippen LogP contribution >= 0.6 is 0 Å². The fraction of sp³-hybridized carbons (Fsp3) is 0. The summed E-state index contributed by atoms with van der Waals surface area (Å²) in [5.41, 5.74) is 0. The summed E-state index contributed by atoms with van der Waals surface area (Å²) in [5.74, 6) is 0. The van der Waals surface area contributed by atoms with Gasteiger partial charge in [-0.05, 0) is 0 Å². The molecule has 0 aromatic heterocycles. The Kier molecular flexibility index (Phi) is 325. The standard InChI is InChI=1S/Ca.ClH.Na.2H2O/h;1H;;2*1H2/q+2;;+1;;/p-3. The number of hydrogen-bond donors (Lipinski definition) is 0. The monoisotopic (exact) mass is 132 g/mol. The molecule has 0 atom stereocenters. The third-order valence-electron chi connectivity index (χ3n) is 0.